The molecule has 0 radical (unpaired) electrons. The Hall–Kier alpha value is -1.33. The average Bonchev–Trinajstić information content (AvgIpc) is 2.49. The normalized spacial score (nSPS) is 12.1. The minimum atomic E-state index is -3.47. The molecule has 2 aromatic rings. The Kier molecular flexibility index (Phi) is 2.05. The summed E-state index contributed by atoms with van der Waals surface area (Å²) in [6.45, 7) is 0. The van der Waals surface area contributed by atoms with Crippen LogP contribution in [0.15, 0.2) is 30.5 Å². The van der Waals surface area contributed by atoms with Gasteiger partial charge in [0, 0.05) is 11.7 Å². The lowest BCUT2D eigenvalue weighted by Gasteiger charge is -2.00. The molecule has 0 unspecified atom stereocenters. The number of benzene rings is 1. The lowest BCUT2D eigenvalue weighted by atomic mass is 10.2. The van der Waals surface area contributed by atoms with Gasteiger partial charge in [-0.05, 0) is 17.0 Å². The van der Waals surface area contributed by atoms with Gasteiger partial charge in [-0.15, -0.1) is 0 Å². The summed E-state index contributed by atoms with van der Waals surface area (Å²) in [4.78, 5) is 2.99. The van der Waals surface area contributed by atoms with Gasteiger partial charge in [0.15, 0.2) is 0 Å². The van der Waals surface area contributed by atoms with E-state index in [-0.39, 0.29) is 5.75 Å². The SMILES string of the molecule is NS(=O)(=O)Cc1cccc2cc[nH]c12. The first-order valence-electron chi connectivity index (χ1n) is 4.12. The first kappa shape index (κ1) is 9.23. The molecule has 0 aliphatic heterocycles. The number of primary sulfonamides is 1. The molecule has 5 heteroatoms. The molecule has 0 atom stereocenters. The molecule has 1 heterocycles. The van der Waals surface area contributed by atoms with E-state index in [2.05, 4.69) is 4.98 Å². The number of rotatable bonds is 2. The predicted molar refractivity (Wildman–Crippen MR) is 55.1 cm³/mol. The lowest BCUT2D eigenvalue weighted by Crippen LogP contribution is -2.14. The van der Waals surface area contributed by atoms with Gasteiger partial charge in [-0.25, -0.2) is 13.6 Å². The largest absolute Gasteiger partial charge is 0.361 e. The second-order valence-corrected chi connectivity index (χ2v) is 4.78. The van der Waals surface area contributed by atoms with Crippen LogP contribution >= 0.6 is 0 Å². The maximum atomic E-state index is 10.9. The first-order valence-corrected chi connectivity index (χ1v) is 5.83. The van der Waals surface area contributed by atoms with Crippen molar-refractivity contribution in [1.29, 1.82) is 0 Å². The Morgan fingerprint density at radius 2 is 2.07 bits per heavy atom. The maximum Gasteiger partial charge on any atom is 0.213 e. The fraction of sp³-hybridized carbons (Fsp3) is 0.111. The second-order valence-electron chi connectivity index (χ2n) is 3.17. The summed E-state index contributed by atoms with van der Waals surface area (Å²) in [5.41, 5.74) is 1.54. The highest BCUT2D eigenvalue weighted by atomic mass is 32.2. The van der Waals surface area contributed by atoms with Crippen LogP contribution < -0.4 is 5.14 Å². The Bertz CT molecular complexity index is 557. The summed E-state index contributed by atoms with van der Waals surface area (Å²) in [6, 6.07) is 7.38. The zero-order valence-electron chi connectivity index (χ0n) is 7.40. The molecular weight excluding hydrogens is 200 g/mol. The monoisotopic (exact) mass is 210 g/mol. The van der Waals surface area contributed by atoms with Gasteiger partial charge in [0.25, 0.3) is 0 Å². The zero-order chi connectivity index (χ0) is 10.2. The van der Waals surface area contributed by atoms with E-state index >= 15 is 0 Å². The standard InChI is InChI=1S/C9H10N2O2S/c10-14(12,13)6-8-3-1-2-7-4-5-11-9(7)8/h1-5,11H,6H2,(H2,10,12,13). The molecular formula is C9H10N2O2S. The molecule has 14 heavy (non-hydrogen) atoms. The number of hydrogen-bond acceptors (Lipinski definition) is 2. The lowest BCUT2D eigenvalue weighted by molar-refractivity contribution is 0.597. The molecule has 1 aromatic carbocycles. The van der Waals surface area contributed by atoms with Crippen molar-refractivity contribution in [3.05, 3.63) is 36.0 Å². The topological polar surface area (TPSA) is 76.0 Å². The Morgan fingerprint density at radius 1 is 1.29 bits per heavy atom. The molecule has 4 nitrogen and oxygen atoms in total. The van der Waals surface area contributed by atoms with Crippen LogP contribution in [0.1, 0.15) is 5.56 Å². The van der Waals surface area contributed by atoms with Crippen molar-refractivity contribution in [1.82, 2.24) is 4.98 Å². The van der Waals surface area contributed by atoms with Crippen LogP contribution in [-0.4, -0.2) is 13.4 Å². The van der Waals surface area contributed by atoms with Crippen LogP contribution in [0.2, 0.25) is 0 Å². The van der Waals surface area contributed by atoms with Crippen LogP contribution in [0, 0.1) is 0 Å². The van der Waals surface area contributed by atoms with Crippen LogP contribution in [-0.2, 0) is 15.8 Å². The van der Waals surface area contributed by atoms with E-state index in [0.717, 1.165) is 10.9 Å². The number of nitrogens with one attached hydrogen (secondary N) is 1. The van der Waals surface area contributed by atoms with E-state index in [1.54, 1.807) is 12.3 Å². The van der Waals surface area contributed by atoms with Gasteiger partial charge in [-0.3, -0.25) is 0 Å². The van der Waals surface area contributed by atoms with Crippen LogP contribution in [0.25, 0.3) is 10.9 Å². The third-order valence-electron chi connectivity index (χ3n) is 2.03. The minimum absolute atomic E-state index is 0.134. The highest BCUT2D eigenvalue weighted by Crippen LogP contribution is 2.18. The summed E-state index contributed by atoms with van der Waals surface area (Å²) in [6.07, 6.45) is 1.78. The fourth-order valence-corrected chi connectivity index (χ4v) is 2.16. The summed E-state index contributed by atoms with van der Waals surface area (Å²) >= 11 is 0. The molecule has 0 spiro atoms. The molecule has 2 rings (SSSR count). The Labute approximate surface area is 81.8 Å². The number of aromatic nitrogens is 1. The number of aromatic amines is 1. The molecule has 1 aromatic heterocycles. The second kappa shape index (κ2) is 3.11. The predicted octanol–water partition coefficient (Wildman–Crippen LogP) is 0.956. The molecule has 0 aliphatic rings. The van der Waals surface area contributed by atoms with Gasteiger partial charge < -0.3 is 4.98 Å². The van der Waals surface area contributed by atoms with Crippen molar-refractivity contribution < 1.29 is 8.42 Å². The van der Waals surface area contributed by atoms with E-state index < -0.39 is 10.0 Å². The minimum Gasteiger partial charge on any atom is -0.361 e. The quantitative estimate of drug-likeness (QED) is 0.774. The van der Waals surface area contributed by atoms with E-state index in [0.29, 0.717) is 5.56 Å². The molecule has 0 amide bonds. The molecule has 0 aliphatic carbocycles. The summed E-state index contributed by atoms with van der Waals surface area (Å²) in [5.74, 6) is -0.134. The number of hydrogen-bond donors (Lipinski definition) is 2. The number of para-hydroxylation sites is 1. The molecule has 0 bridgehead atoms. The van der Waals surface area contributed by atoms with Crippen LogP contribution in [0.5, 0.6) is 0 Å². The third kappa shape index (κ3) is 1.78. The van der Waals surface area contributed by atoms with Gasteiger partial charge in [0.1, 0.15) is 0 Å². The van der Waals surface area contributed by atoms with Crippen molar-refractivity contribution in [3.63, 3.8) is 0 Å². The van der Waals surface area contributed by atoms with E-state index in [9.17, 15) is 8.42 Å². The summed E-state index contributed by atoms with van der Waals surface area (Å²) < 4.78 is 21.9. The molecule has 0 fully saturated rings. The van der Waals surface area contributed by atoms with Gasteiger partial charge in [0.05, 0.1) is 5.75 Å². The Morgan fingerprint density at radius 3 is 2.79 bits per heavy atom. The number of H-pyrrole nitrogens is 1. The van der Waals surface area contributed by atoms with Gasteiger partial charge in [-0.1, -0.05) is 18.2 Å². The summed E-state index contributed by atoms with van der Waals surface area (Å²) in [5, 5.41) is 5.98. The molecule has 3 N–H and O–H groups in total. The van der Waals surface area contributed by atoms with Crippen molar-refractivity contribution >= 4 is 20.9 Å². The smallest absolute Gasteiger partial charge is 0.213 e. The van der Waals surface area contributed by atoms with Gasteiger partial charge in [-0.2, -0.15) is 0 Å². The van der Waals surface area contributed by atoms with Gasteiger partial charge >= 0.3 is 0 Å². The fourth-order valence-electron chi connectivity index (χ4n) is 1.49. The Balaban J connectivity index is 2.57. The summed E-state index contributed by atoms with van der Waals surface area (Å²) in [7, 11) is -3.47. The molecule has 0 saturated heterocycles. The number of nitrogens with two attached hydrogens (primary N) is 1. The number of fused-ring (bicyclic) bond motifs is 1. The van der Waals surface area contributed by atoms with Crippen LogP contribution in [0.3, 0.4) is 0 Å². The number of sulfonamides is 1. The van der Waals surface area contributed by atoms with Crippen molar-refractivity contribution in [3.8, 4) is 0 Å². The maximum absolute atomic E-state index is 10.9. The molecule has 74 valence electrons. The van der Waals surface area contributed by atoms with E-state index in [4.69, 9.17) is 5.14 Å². The third-order valence-corrected chi connectivity index (χ3v) is 2.74. The van der Waals surface area contributed by atoms with Crippen molar-refractivity contribution in [2.75, 3.05) is 0 Å². The average molecular weight is 210 g/mol. The highest BCUT2D eigenvalue weighted by Gasteiger charge is 2.08. The highest BCUT2D eigenvalue weighted by molar-refractivity contribution is 7.88. The van der Waals surface area contributed by atoms with Crippen LogP contribution in [0.4, 0.5) is 0 Å². The van der Waals surface area contributed by atoms with Crippen molar-refractivity contribution in [2.45, 2.75) is 5.75 Å². The van der Waals surface area contributed by atoms with E-state index in [1.165, 1.54) is 0 Å². The van der Waals surface area contributed by atoms with Gasteiger partial charge in [0.2, 0.25) is 10.0 Å². The van der Waals surface area contributed by atoms with Crippen molar-refractivity contribution in [2.24, 2.45) is 5.14 Å². The first-order chi connectivity index (χ1) is 6.56. The van der Waals surface area contributed by atoms with E-state index in [1.807, 2.05) is 18.2 Å². The molecule has 0 saturated carbocycles. The zero-order valence-corrected chi connectivity index (χ0v) is 8.21.